The Hall–Kier alpha value is -2.58. The molecule has 4 heterocycles. The van der Waals surface area contributed by atoms with E-state index in [4.69, 9.17) is 0 Å². The van der Waals surface area contributed by atoms with Crippen molar-refractivity contribution in [1.82, 2.24) is 20.2 Å². The van der Waals surface area contributed by atoms with Crippen molar-refractivity contribution in [2.75, 3.05) is 85.9 Å². The van der Waals surface area contributed by atoms with Crippen LogP contribution in [0, 0.1) is 0 Å². The molecule has 1 atom stereocenters. The topological polar surface area (TPSA) is 71.6 Å². The summed E-state index contributed by atoms with van der Waals surface area (Å²) in [7, 11) is 0. The lowest BCUT2D eigenvalue weighted by atomic mass is 10.1. The van der Waals surface area contributed by atoms with Gasteiger partial charge in [-0.2, -0.15) is 0 Å². The van der Waals surface area contributed by atoms with Crippen molar-refractivity contribution in [3.05, 3.63) is 36.7 Å². The average molecular weight is 439 g/mol. The van der Waals surface area contributed by atoms with Gasteiger partial charge in [-0.15, -0.1) is 0 Å². The summed E-state index contributed by atoms with van der Waals surface area (Å²) >= 11 is 0. The van der Waals surface area contributed by atoms with Crippen LogP contribution in [-0.4, -0.2) is 86.4 Å². The van der Waals surface area contributed by atoms with E-state index in [1.54, 1.807) is 0 Å². The van der Waals surface area contributed by atoms with Crippen LogP contribution >= 0.6 is 0 Å². The van der Waals surface area contributed by atoms with Crippen LogP contribution in [0.3, 0.4) is 0 Å². The summed E-state index contributed by atoms with van der Waals surface area (Å²) in [5.41, 5.74) is 2.42. The third-order valence-electron chi connectivity index (χ3n) is 6.46. The second-order valence-corrected chi connectivity index (χ2v) is 8.57. The first kappa shape index (κ1) is 22.6. The molecule has 0 amide bonds. The van der Waals surface area contributed by atoms with Crippen LogP contribution in [0.25, 0.3) is 0 Å². The molecule has 2 aliphatic rings. The van der Waals surface area contributed by atoms with Gasteiger partial charge in [0.15, 0.2) is 0 Å². The predicted molar refractivity (Wildman–Crippen MR) is 134 cm³/mol. The lowest BCUT2D eigenvalue weighted by Crippen LogP contribution is -2.51. The van der Waals surface area contributed by atoms with Gasteiger partial charge >= 0.3 is 0 Å². The zero-order valence-electron chi connectivity index (χ0n) is 19.6. The summed E-state index contributed by atoms with van der Waals surface area (Å²) in [5, 5.41) is 10.4. The molecule has 0 bridgehead atoms. The molecule has 3 N–H and O–H groups in total. The molecular weight excluding hydrogens is 400 g/mol. The Morgan fingerprint density at radius 1 is 0.875 bits per heavy atom. The third kappa shape index (κ3) is 6.01. The first-order valence-electron chi connectivity index (χ1n) is 12.1. The van der Waals surface area contributed by atoms with Crippen molar-refractivity contribution >= 4 is 23.0 Å². The highest BCUT2D eigenvalue weighted by atomic mass is 15.3. The van der Waals surface area contributed by atoms with Crippen molar-refractivity contribution in [3.63, 3.8) is 0 Å². The maximum atomic E-state index is 4.65. The summed E-state index contributed by atoms with van der Waals surface area (Å²) in [6, 6.07) is 9.00. The van der Waals surface area contributed by atoms with Crippen LogP contribution < -0.4 is 25.8 Å². The highest BCUT2D eigenvalue weighted by Gasteiger charge is 2.20. The number of likely N-dealkylation sites (N-methyl/N-ethyl adjacent to an activating group) is 1. The predicted octanol–water partition coefficient (Wildman–Crippen LogP) is 2.33. The molecule has 4 rings (SSSR count). The van der Waals surface area contributed by atoms with Gasteiger partial charge in [0, 0.05) is 64.9 Å². The Bertz CT molecular complexity index is 802. The van der Waals surface area contributed by atoms with Crippen molar-refractivity contribution in [2.45, 2.75) is 26.3 Å². The molecule has 2 aromatic heterocycles. The molecule has 8 heteroatoms. The van der Waals surface area contributed by atoms with Crippen LogP contribution in [-0.2, 0) is 0 Å². The van der Waals surface area contributed by atoms with Crippen molar-refractivity contribution in [3.8, 4) is 0 Å². The van der Waals surface area contributed by atoms with E-state index < -0.39 is 0 Å². The van der Waals surface area contributed by atoms with Gasteiger partial charge < -0.3 is 30.7 Å². The molecule has 2 aromatic rings. The third-order valence-corrected chi connectivity index (χ3v) is 6.46. The number of hydrogen-bond acceptors (Lipinski definition) is 8. The Morgan fingerprint density at radius 3 is 2.19 bits per heavy atom. The van der Waals surface area contributed by atoms with Crippen LogP contribution in [0.5, 0.6) is 0 Å². The second-order valence-electron chi connectivity index (χ2n) is 8.57. The fourth-order valence-electron chi connectivity index (χ4n) is 4.49. The number of nitrogens with one attached hydrogen (secondary N) is 3. The van der Waals surface area contributed by atoms with Crippen molar-refractivity contribution in [1.29, 1.82) is 0 Å². The van der Waals surface area contributed by atoms with Crippen molar-refractivity contribution < 1.29 is 0 Å². The molecule has 0 aliphatic carbocycles. The van der Waals surface area contributed by atoms with E-state index in [0.29, 0.717) is 6.04 Å². The largest absolute Gasteiger partial charge is 0.370 e. The van der Waals surface area contributed by atoms with Gasteiger partial charge in [0.25, 0.3) is 0 Å². The van der Waals surface area contributed by atoms with Crippen molar-refractivity contribution in [2.24, 2.45) is 0 Å². The highest BCUT2D eigenvalue weighted by molar-refractivity contribution is 5.51. The van der Waals surface area contributed by atoms with Crippen LogP contribution in [0.1, 0.15) is 20.3 Å². The van der Waals surface area contributed by atoms with Crippen LogP contribution in [0.15, 0.2) is 36.7 Å². The maximum absolute atomic E-state index is 4.65. The zero-order chi connectivity index (χ0) is 22.2. The fraction of sp³-hybridized carbons (Fsp3) is 0.583. The Kier molecular flexibility index (Phi) is 8.01. The molecule has 2 fully saturated rings. The smallest absolute Gasteiger partial charge is 0.126 e. The van der Waals surface area contributed by atoms with Gasteiger partial charge in [0.2, 0.25) is 0 Å². The molecule has 32 heavy (non-hydrogen) atoms. The first-order chi connectivity index (χ1) is 15.7. The van der Waals surface area contributed by atoms with E-state index in [0.717, 1.165) is 83.5 Å². The van der Waals surface area contributed by atoms with Gasteiger partial charge in [-0.1, -0.05) is 6.92 Å². The van der Waals surface area contributed by atoms with E-state index in [2.05, 4.69) is 78.7 Å². The quantitative estimate of drug-likeness (QED) is 0.551. The zero-order valence-corrected chi connectivity index (χ0v) is 19.6. The average Bonchev–Trinajstić information content (AvgIpc) is 2.85. The molecule has 1 unspecified atom stereocenters. The minimum absolute atomic E-state index is 0.457. The normalized spacial score (nSPS) is 19.8. The van der Waals surface area contributed by atoms with Gasteiger partial charge in [0.1, 0.15) is 11.6 Å². The van der Waals surface area contributed by atoms with Crippen LogP contribution in [0.2, 0.25) is 0 Å². The lowest BCUT2D eigenvalue weighted by Gasteiger charge is -2.35. The number of aromatic nitrogens is 2. The van der Waals surface area contributed by atoms with Gasteiger partial charge in [-0.05, 0) is 44.2 Å². The molecule has 0 aromatic carbocycles. The van der Waals surface area contributed by atoms with E-state index >= 15 is 0 Å². The van der Waals surface area contributed by atoms with Gasteiger partial charge in [-0.3, -0.25) is 0 Å². The fourth-order valence-corrected chi connectivity index (χ4v) is 4.49. The number of hydrogen-bond donors (Lipinski definition) is 3. The maximum Gasteiger partial charge on any atom is 0.126 e. The molecule has 0 saturated carbocycles. The van der Waals surface area contributed by atoms with E-state index in [9.17, 15) is 0 Å². The minimum Gasteiger partial charge on any atom is -0.370 e. The number of pyridine rings is 2. The lowest BCUT2D eigenvalue weighted by molar-refractivity contribution is 0.271. The first-order valence-corrected chi connectivity index (χ1v) is 12.1. The summed E-state index contributed by atoms with van der Waals surface area (Å²) in [6.45, 7) is 14.7. The molecule has 0 spiro atoms. The Morgan fingerprint density at radius 2 is 1.56 bits per heavy atom. The van der Waals surface area contributed by atoms with E-state index in [1.165, 1.54) is 11.4 Å². The molecule has 0 radical (unpaired) electrons. The van der Waals surface area contributed by atoms with E-state index in [1.807, 2.05) is 12.4 Å². The summed E-state index contributed by atoms with van der Waals surface area (Å²) in [5.74, 6) is 1.89. The standard InChI is InChI=1S/C24H38N8/c1-3-25-23-7-6-22(18-28-23)32-12-11-26-20(19-32)9-10-27-24-8-5-21(17-29-24)31-15-13-30(4-2)14-16-31/h5-8,17-18,20,26H,3-4,9-16,19H2,1-2H3,(H,25,28)(H,27,29). The molecular formula is C24H38N8. The monoisotopic (exact) mass is 438 g/mol. The number of rotatable bonds is 9. The number of anilines is 4. The Labute approximate surface area is 192 Å². The molecule has 2 aliphatic heterocycles. The second kappa shape index (κ2) is 11.3. The van der Waals surface area contributed by atoms with Gasteiger partial charge in [0.05, 0.1) is 23.8 Å². The SMILES string of the molecule is CCNc1ccc(N2CCNC(CCNc3ccc(N4CCN(CC)CC4)cn3)C2)cn1. The summed E-state index contributed by atoms with van der Waals surface area (Å²) < 4.78 is 0. The summed E-state index contributed by atoms with van der Waals surface area (Å²) in [6.07, 6.45) is 5.04. The van der Waals surface area contributed by atoms with E-state index in [-0.39, 0.29) is 0 Å². The summed E-state index contributed by atoms with van der Waals surface area (Å²) in [4.78, 5) is 16.5. The number of piperazine rings is 2. The molecule has 2 saturated heterocycles. The van der Waals surface area contributed by atoms with Crippen LogP contribution in [0.4, 0.5) is 23.0 Å². The molecule has 8 nitrogen and oxygen atoms in total. The minimum atomic E-state index is 0.457. The number of nitrogens with zero attached hydrogens (tertiary/aromatic N) is 5. The van der Waals surface area contributed by atoms with Gasteiger partial charge in [-0.25, -0.2) is 9.97 Å². The molecule has 174 valence electrons. The highest BCUT2D eigenvalue weighted by Crippen LogP contribution is 2.19. The Balaban J connectivity index is 1.21.